The van der Waals surface area contributed by atoms with Crippen LogP contribution in [0.15, 0.2) is 0 Å². The fourth-order valence-electron chi connectivity index (χ4n) is 2.05. The van der Waals surface area contributed by atoms with Crippen LogP contribution in [-0.4, -0.2) is 73.4 Å². The van der Waals surface area contributed by atoms with Gasteiger partial charge < -0.3 is 14.7 Å². The number of aliphatic hydroxyl groups is 1. The SMILES string of the molecule is CC(C)CC(=O)N(CCO)CCN1CCOCC1. The third-order valence-electron chi connectivity index (χ3n) is 3.10. The van der Waals surface area contributed by atoms with Gasteiger partial charge in [0.15, 0.2) is 0 Å². The lowest BCUT2D eigenvalue weighted by Crippen LogP contribution is -2.44. The summed E-state index contributed by atoms with van der Waals surface area (Å²) in [5.74, 6) is 0.509. The van der Waals surface area contributed by atoms with Crippen LogP contribution in [-0.2, 0) is 9.53 Å². The van der Waals surface area contributed by atoms with Crippen LogP contribution >= 0.6 is 0 Å². The molecule has 106 valence electrons. The van der Waals surface area contributed by atoms with E-state index in [9.17, 15) is 4.79 Å². The maximum absolute atomic E-state index is 12.0. The standard InChI is InChI=1S/C13H26N2O3/c1-12(2)11-13(17)15(5-8-16)4-3-14-6-9-18-10-7-14/h12,16H,3-11H2,1-2H3. The molecule has 0 aromatic carbocycles. The van der Waals surface area contributed by atoms with Gasteiger partial charge in [0.05, 0.1) is 19.8 Å². The van der Waals surface area contributed by atoms with Crippen molar-refractivity contribution in [3.05, 3.63) is 0 Å². The van der Waals surface area contributed by atoms with E-state index in [0.717, 1.165) is 32.8 Å². The van der Waals surface area contributed by atoms with Crippen LogP contribution in [0.3, 0.4) is 0 Å². The Labute approximate surface area is 110 Å². The second-order valence-electron chi connectivity index (χ2n) is 5.16. The number of amides is 1. The summed E-state index contributed by atoms with van der Waals surface area (Å²) in [5, 5.41) is 9.03. The van der Waals surface area contributed by atoms with E-state index in [1.807, 2.05) is 13.8 Å². The van der Waals surface area contributed by atoms with Gasteiger partial charge in [0, 0.05) is 39.1 Å². The van der Waals surface area contributed by atoms with Crippen molar-refractivity contribution in [2.45, 2.75) is 20.3 Å². The number of ether oxygens (including phenoxy) is 1. The highest BCUT2D eigenvalue weighted by Gasteiger charge is 2.16. The van der Waals surface area contributed by atoms with E-state index in [1.54, 1.807) is 4.90 Å². The molecule has 1 heterocycles. The van der Waals surface area contributed by atoms with Gasteiger partial charge in [-0.05, 0) is 5.92 Å². The summed E-state index contributed by atoms with van der Waals surface area (Å²) in [7, 11) is 0. The van der Waals surface area contributed by atoms with Crippen molar-refractivity contribution < 1.29 is 14.6 Å². The first-order valence-corrected chi connectivity index (χ1v) is 6.82. The molecule has 5 heteroatoms. The van der Waals surface area contributed by atoms with Gasteiger partial charge in [-0.25, -0.2) is 0 Å². The zero-order chi connectivity index (χ0) is 13.4. The number of nitrogens with zero attached hydrogens (tertiary/aromatic N) is 2. The Kier molecular flexibility index (Phi) is 7.23. The summed E-state index contributed by atoms with van der Waals surface area (Å²) in [6.07, 6.45) is 0.559. The Morgan fingerprint density at radius 1 is 1.33 bits per heavy atom. The zero-order valence-electron chi connectivity index (χ0n) is 11.6. The second-order valence-corrected chi connectivity index (χ2v) is 5.16. The minimum Gasteiger partial charge on any atom is -0.395 e. The molecular weight excluding hydrogens is 232 g/mol. The normalized spacial score (nSPS) is 17.1. The maximum Gasteiger partial charge on any atom is 0.222 e. The molecule has 0 aromatic heterocycles. The fourth-order valence-corrected chi connectivity index (χ4v) is 2.05. The maximum atomic E-state index is 12.0. The van der Waals surface area contributed by atoms with Gasteiger partial charge in [-0.15, -0.1) is 0 Å². The molecule has 0 aliphatic carbocycles. The van der Waals surface area contributed by atoms with Gasteiger partial charge in [0.25, 0.3) is 0 Å². The molecule has 0 spiro atoms. The molecule has 0 saturated carbocycles. The number of morpholine rings is 1. The second kappa shape index (κ2) is 8.45. The summed E-state index contributed by atoms with van der Waals surface area (Å²) in [4.78, 5) is 16.1. The first-order chi connectivity index (χ1) is 8.63. The highest BCUT2D eigenvalue weighted by molar-refractivity contribution is 5.76. The predicted molar refractivity (Wildman–Crippen MR) is 70.4 cm³/mol. The Bertz CT molecular complexity index is 240. The van der Waals surface area contributed by atoms with Gasteiger partial charge in [0.2, 0.25) is 5.91 Å². The molecule has 1 aliphatic heterocycles. The number of rotatable bonds is 7. The average molecular weight is 258 g/mol. The van der Waals surface area contributed by atoms with E-state index in [4.69, 9.17) is 9.84 Å². The number of hydrogen-bond donors (Lipinski definition) is 1. The van der Waals surface area contributed by atoms with Crippen LogP contribution in [0.4, 0.5) is 0 Å². The van der Waals surface area contributed by atoms with Crippen molar-refractivity contribution in [3.63, 3.8) is 0 Å². The van der Waals surface area contributed by atoms with Crippen molar-refractivity contribution >= 4 is 5.91 Å². The number of carbonyl (C=O) groups excluding carboxylic acids is 1. The van der Waals surface area contributed by atoms with Crippen LogP contribution < -0.4 is 0 Å². The Balaban J connectivity index is 2.33. The fraction of sp³-hybridized carbons (Fsp3) is 0.923. The number of aliphatic hydroxyl groups excluding tert-OH is 1. The van der Waals surface area contributed by atoms with E-state index >= 15 is 0 Å². The van der Waals surface area contributed by atoms with Gasteiger partial charge >= 0.3 is 0 Å². The number of hydrogen-bond acceptors (Lipinski definition) is 4. The lowest BCUT2D eigenvalue weighted by Gasteiger charge is -2.30. The molecule has 1 amide bonds. The first kappa shape index (κ1) is 15.4. The molecule has 1 fully saturated rings. The van der Waals surface area contributed by atoms with Crippen molar-refractivity contribution in [3.8, 4) is 0 Å². The first-order valence-electron chi connectivity index (χ1n) is 6.82. The Morgan fingerprint density at radius 2 is 2.00 bits per heavy atom. The van der Waals surface area contributed by atoms with E-state index in [1.165, 1.54) is 0 Å². The van der Waals surface area contributed by atoms with Crippen LogP contribution in [0.1, 0.15) is 20.3 Å². The van der Waals surface area contributed by atoms with Gasteiger partial charge in [-0.2, -0.15) is 0 Å². The van der Waals surface area contributed by atoms with E-state index in [-0.39, 0.29) is 12.5 Å². The van der Waals surface area contributed by atoms with Crippen LogP contribution in [0.5, 0.6) is 0 Å². The van der Waals surface area contributed by atoms with Gasteiger partial charge in [-0.1, -0.05) is 13.8 Å². The van der Waals surface area contributed by atoms with Gasteiger partial charge in [0.1, 0.15) is 0 Å². The molecule has 0 bridgehead atoms. The number of carbonyl (C=O) groups is 1. The van der Waals surface area contributed by atoms with E-state index < -0.39 is 0 Å². The minimum atomic E-state index is 0.0347. The summed E-state index contributed by atoms with van der Waals surface area (Å²) in [6, 6.07) is 0. The van der Waals surface area contributed by atoms with Gasteiger partial charge in [-0.3, -0.25) is 9.69 Å². The van der Waals surface area contributed by atoms with Crippen LogP contribution in [0.2, 0.25) is 0 Å². The minimum absolute atomic E-state index is 0.0347. The smallest absolute Gasteiger partial charge is 0.222 e. The summed E-state index contributed by atoms with van der Waals surface area (Å²) < 4.78 is 5.29. The molecule has 0 unspecified atom stereocenters. The monoisotopic (exact) mass is 258 g/mol. The summed E-state index contributed by atoms with van der Waals surface area (Å²) in [5.41, 5.74) is 0. The Hall–Kier alpha value is -0.650. The predicted octanol–water partition coefficient (Wildman–Crippen LogP) is 0.186. The third-order valence-corrected chi connectivity index (χ3v) is 3.10. The van der Waals surface area contributed by atoms with Crippen molar-refractivity contribution in [1.82, 2.24) is 9.80 Å². The Morgan fingerprint density at radius 3 is 2.56 bits per heavy atom. The van der Waals surface area contributed by atoms with Crippen molar-refractivity contribution in [2.75, 3.05) is 52.5 Å². The molecule has 1 saturated heterocycles. The largest absolute Gasteiger partial charge is 0.395 e. The van der Waals surface area contributed by atoms with Crippen LogP contribution in [0.25, 0.3) is 0 Å². The zero-order valence-corrected chi connectivity index (χ0v) is 11.6. The lowest BCUT2D eigenvalue weighted by molar-refractivity contribution is -0.132. The van der Waals surface area contributed by atoms with Crippen LogP contribution in [0, 0.1) is 5.92 Å². The molecule has 1 aliphatic rings. The molecule has 5 nitrogen and oxygen atoms in total. The van der Waals surface area contributed by atoms with Crippen molar-refractivity contribution in [2.24, 2.45) is 5.92 Å². The molecule has 0 atom stereocenters. The topological polar surface area (TPSA) is 53.0 Å². The quantitative estimate of drug-likeness (QED) is 0.708. The van der Waals surface area contributed by atoms with Crippen molar-refractivity contribution in [1.29, 1.82) is 0 Å². The highest BCUT2D eigenvalue weighted by atomic mass is 16.5. The van der Waals surface area contributed by atoms with E-state index in [2.05, 4.69) is 4.90 Å². The molecule has 0 aromatic rings. The lowest BCUT2D eigenvalue weighted by atomic mass is 10.1. The molecule has 1 N–H and O–H groups in total. The molecule has 0 radical (unpaired) electrons. The summed E-state index contributed by atoms with van der Waals surface area (Å²) in [6.45, 7) is 9.55. The summed E-state index contributed by atoms with van der Waals surface area (Å²) >= 11 is 0. The van der Waals surface area contributed by atoms with E-state index in [0.29, 0.717) is 25.4 Å². The molecule has 18 heavy (non-hydrogen) atoms. The average Bonchev–Trinajstić information content (AvgIpc) is 2.34. The third kappa shape index (κ3) is 5.80. The molecule has 1 rings (SSSR count). The highest BCUT2D eigenvalue weighted by Crippen LogP contribution is 2.05. The molecular formula is C13H26N2O3.